The first kappa shape index (κ1) is 28.7. The summed E-state index contributed by atoms with van der Waals surface area (Å²) in [7, 11) is 0. The maximum absolute atomic E-state index is 13.8. The van der Waals surface area contributed by atoms with Crippen LogP contribution in [0.1, 0.15) is 61.9 Å². The zero-order valence-electron chi connectivity index (χ0n) is 24.7. The van der Waals surface area contributed by atoms with Crippen LogP contribution in [0.5, 0.6) is 17.2 Å². The van der Waals surface area contributed by atoms with Crippen molar-refractivity contribution in [2.75, 3.05) is 18.1 Å². The van der Waals surface area contributed by atoms with E-state index in [4.69, 9.17) is 19.2 Å². The number of ketones is 1. The van der Waals surface area contributed by atoms with Crippen molar-refractivity contribution in [3.8, 4) is 17.2 Å². The van der Waals surface area contributed by atoms with Crippen molar-refractivity contribution in [3.63, 3.8) is 0 Å². The summed E-state index contributed by atoms with van der Waals surface area (Å²) in [6.45, 7) is 8.90. The fourth-order valence-electron chi connectivity index (χ4n) is 5.60. The molecular formula is C34H34N2O6S. The molecule has 0 saturated carbocycles. The van der Waals surface area contributed by atoms with Crippen LogP contribution in [-0.2, 0) is 16.0 Å². The second kappa shape index (κ2) is 11.7. The summed E-state index contributed by atoms with van der Waals surface area (Å²) in [4.78, 5) is 33.7. The number of rotatable bonds is 9. The molecule has 3 heterocycles. The molecule has 9 heteroatoms. The lowest BCUT2D eigenvalue weighted by Gasteiger charge is -2.24. The van der Waals surface area contributed by atoms with E-state index in [9.17, 15) is 14.7 Å². The van der Waals surface area contributed by atoms with Crippen molar-refractivity contribution in [2.24, 2.45) is 0 Å². The van der Waals surface area contributed by atoms with Crippen molar-refractivity contribution < 1.29 is 28.9 Å². The van der Waals surface area contributed by atoms with Crippen LogP contribution in [0.2, 0.25) is 0 Å². The maximum atomic E-state index is 13.8. The minimum atomic E-state index is -0.936. The number of nitrogens with zero attached hydrogens (tertiary/aromatic N) is 2. The molecule has 0 aliphatic carbocycles. The van der Waals surface area contributed by atoms with Gasteiger partial charge in [-0.15, -0.1) is 0 Å². The summed E-state index contributed by atoms with van der Waals surface area (Å²) >= 11 is 1.34. The number of ether oxygens (including phenoxy) is 3. The Morgan fingerprint density at radius 1 is 1.07 bits per heavy atom. The molecule has 8 nitrogen and oxygen atoms in total. The summed E-state index contributed by atoms with van der Waals surface area (Å²) in [5, 5.41) is 12.1. The zero-order chi connectivity index (χ0) is 30.2. The molecule has 43 heavy (non-hydrogen) atoms. The van der Waals surface area contributed by atoms with Crippen molar-refractivity contribution in [2.45, 2.75) is 59.1 Å². The first-order valence-electron chi connectivity index (χ1n) is 14.7. The monoisotopic (exact) mass is 598 g/mol. The van der Waals surface area contributed by atoms with E-state index < -0.39 is 17.7 Å². The highest BCUT2D eigenvalue weighted by atomic mass is 32.1. The first-order chi connectivity index (χ1) is 20.8. The molecule has 1 N–H and O–H groups in total. The number of aliphatic hydroxyl groups is 1. The summed E-state index contributed by atoms with van der Waals surface area (Å²) < 4.78 is 18.7. The van der Waals surface area contributed by atoms with E-state index in [1.165, 1.54) is 16.2 Å². The fourth-order valence-corrected chi connectivity index (χ4v) is 6.69. The third kappa shape index (κ3) is 5.33. The first-order valence-corrected chi connectivity index (χ1v) is 15.5. The summed E-state index contributed by atoms with van der Waals surface area (Å²) in [5.74, 6) is 0.0766. The van der Waals surface area contributed by atoms with E-state index in [0.29, 0.717) is 47.4 Å². The number of fused-ring (bicyclic) bond motifs is 2. The van der Waals surface area contributed by atoms with Crippen molar-refractivity contribution >= 4 is 44.1 Å². The summed E-state index contributed by atoms with van der Waals surface area (Å²) in [6, 6.07) is 15.7. The highest BCUT2D eigenvalue weighted by Gasteiger charge is 2.48. The third-order valence-electron chi connectivity index (χ3n) is 7.69. The van der Waals surface area contributed by atoms with Gasteiger partial charge < -0.3 is 19.3 Å². The molecule has 2 unspecified atom stereocenters. The van der Waals surface area contributed by atoms with Gasteiger partial charge in [-0.1, -0.05) is 36.8 Å². The van der Waals surface area contributed by atoms with Gasteiger partial charge in [0.25, 0.3) is 5.78 Å². The number of hydrogen-bond acceptors (Lipinski definition) is 8. The molecular weight excluding hydrogens is 564 g/mol. The molecule has 1 amide bonds. The summed E-state index contributed by atoms with van der Waals surface area (Å²) in [5.41, 5.74) is 3.78. The number of aromatic nitrogens is 1. The lowest BCUT2D eigenvalue weighted by Crippen LogP contribution is -2.29. The third-order valence-corrected chi connectivity index (χ3v) is 8.71. The predicted octanol–water partition coefficient (Wildman–Crippen LogP) is 7.13. The van der Waals surface area contributed by atoms with E-state index in [1.54, 1.807) is 24.3 Å². The van der Waals surface area contributed by atoms with Gasteiger partial charge in [0, 0.05) is 12.0 Å². The molecule has 4 aromatic rings. The number of benzene rings is 3. The van der Waals surface area contributed by atoms with Gasteiger partial charge in [0.2, 0.25) is 0 Å². The molecule has 0 spiro atoms. The smallest absolute Gasteiger partial charge is 0.301 e. The highest BCUT2D eigenvalue weighted by molar-refractivity contribution is 7.22. The highest BCUT2D eigenvalue weighted by Crippen LogP contribution is 2.46. The predicted molar refractivity (Wildman–Crippen MR) is 167 cm³/mol. The fraction of sp³-hybridized carbons (Fsp3) is 0.324. The normalized spacial score (nSPS) is 19.1. The number of thiazole rings is 1. The van der Waals surface area contributed by atoms with Gasteiger partial charge in [0.1, 0.15) is 17.6 Å². The molecule has 222 valence electrons. The second-order valence-electron chi connectivity index (χ2n) is 10.9. The SMILES string of the molecule is CCCCOc1ccc(C2/C(=C(\O)c3ccc4c(c3)CC(C)O4)C(=O)C(=O)N2c2nc3ccc(C)cc3s2)cc1OCC. The largest absolute Gasteiger partial charge is 0.507 e. The van der Waals surface area contributed by atoms with E-state index in [1.807, 2.05) is 51.1 Å². The van der Waals surface area contributed by atoms with Crippen LogP contribution in [-0.4, -0.2) is 41.1 Å². The number of amides is 1. The average Bonchev–Trinajstić information content (AvgIpc) is 3.65. The Labute approximate surface area is 254 Å². The van der Waals surface area contributed by atoms with Gasteiger partial charge in [-0.25, -0.2) is 4.98 Å². The number of aryl methyl sites for hydroxylation is 1. The average molecular weight is 599 g/mol. The Balaban J connectivity index is 1.51. The van der Waals surface area contributed by atoms with E-state index in [-0.39, 0.29) is 17.4 Å². The topological polar surface area (TPSA) is 98.2 Å². The molecule has 2 aliphatic rings. The summed E-state index contributed by atoms with van der Waals surface area (Å²) in [6.07, 6.45) is 2.61. The Morgan fingerprint density at radius 3 is 2.70 bits per heavy atom. The number of carbonyl (C=O) groups is 2. The van der Waals surface area contributed by atoms with Gasteiger partial charge in [-0.05, 0) is 86.3 Å². The number of unbranched alkanes of at least 4 members (excludes halogenated alkanes) is 1. The van der Waals surface area contributed by atoms with E-state index in [0.717, 1.165) is 39.9 Å². The zero-order valence-corrected chi connectivity index (χ0v) is 25.5. The molecule has 6 rings (SSSR count). The standard InChI is InChI=1S/C34H34N2O6S/c1-5-7-14-41-26-13-9-21(18-27(26)40-6-2)30-29(31(37)22-10-12-25-23(17-22)16-20(4)42-25)32(38)33(39)36(30)34-35-24-11-8-19(3)15-28(24)43-34/h8-13,15,17-18,20,30,37H,5-7,14,16H2,1-4H3/b31-29+. The number of aliphatic hydroxyl groups excluding tert-OH is 1. The van der Waals surface area contributed by atoms with Crippen LogP contribution in [0.25, 0.3) is 16.0 Å². The number of hydrogen-bond donors (Lipinski definition) is 1. The molecule has 2 atom stereocenters. The van der Waals surface area contributed by atoms with Crippen LogP contribution in [0.4, 0.5) is 5.13 Å². The molecule has 1 saturated heterocycles. The Bertz CT molecular complexity index is 1760. The van der Waals surface area contributed by atoms with Crippen LogP contribution >= 0.6 is 11.3 Å². The molecule has 1 fully saturated rings. The Hall–Kier alpha value is -4.37. The van der Waals surface area contributed by atoms with Crippen molar-refractivity contribution in [1.82, 2.24) is 4.98 Å². The molecule has 3 aromatic carbocycles. The van der Waals surface area contributed by atoms with E-state index in [2.05, 4.69) is 6.92 Å². The van der Waals surface area contributed by atoms with Crippen LogP contribution in [0, 0.1) is 6.92 Å². The number of carbonyl (C=O) groups excluding carboxylic acids is 2. The number of anilines is 1. The van der Waals surface area contributed by atoms with Crippen LogP contribution in [0.3, 0.4) is 0 Å². The molecule has 1 aromatic heterocycles. The van der Waals surface area contributed by atoms with Crippen LogP contribution < -0.4 is 19.1 Å². The van der Waals surface area contributed by atoms with Gasteiger partial charge in [-0.2, -0.15) is 0 Å². The quantitative estimate of drug-likeness (QED) is 0.0947. The Morgan fingerprint density at radius 2 is 1.91 bits per heavy atom. The van der Waals surface area contributed by atoms with Crippen molar-refractivity contribution in [3.05, 3.63) is 82.4 Å². The maximum Gasteiger partial charge on any atom is 0.301 e. The lowest BCUT2D eigenvalue weighted by atomic mass is 9.94. The Kier molecular flexibility index (Phi) is 7.83. The molecule has 0 bridgehead atoms. The van der Waals surface area contributed by atoms with Gasteiger partial charge >= 0.3 is 5.91 Å². The number of Topliss-reactive ketones (excluding diaryl/α,β-unsaturated/α-hetero) is 1. The minimum Gasteiger partial charge on any atom is -0.507 e. The van der Waals surface area contributed by atoms with Gasteiger partial charge in [0.15, 0.2) is 16.6 Å². The molecule has 0 radical (unpaired) electrons. The minimum absolute atomic E-state index is 0.00514. The van der Waals surface area contributed by atoms with Crippen molar-refractivity contribution in [1.29, 1.82) is 0 Å². The lowest BCUT2D eigenvalue weighted by molar-refractivity contribution is -0.132. The molecule has 2 aliphatic heterocycles. The van der Waals surface area contributed by atoms with Gasteiger partial charge in [-0.3, -0.25) is 14.5 Å². The van der Waals surface area contributed by atoms with Gasteiger partial charge in [0.05, 0.1) is 35.0 Å². The second-order valence-corrected chi connectivity index (χ2v) is 11.9. The van der Waals surface area contributed by atoms with Crippen LogP contribution in [0.15, 0.2) is 60.2 Å². The van der Waals surface area contributed by atoms with E-state index >= 15 is 0 Å².